The van der Waals surface area contributed by atoms with Crippen LogP contribution in [0.15, 0.2) is 42.7 Å². The number of ether oxygens (including phenoxy) is 3. The van der Waals surface area contributed by atoms with Crippen molar-refractivity contribution >= 4 is 5.91 Å². The van der Waals surface area contributed by atoms with Crippen LogP contribution in [0.5, 0.6) is 11.5 Å². The quantitative estimate of drug-likeness (QED) is 0.842. The Morgan fingerprint density at radius 1 is 1.25 bits per heavy atom. The van der Waals surface area contributed by atoms with Gasteiger partial charge in [0.1, 0.15) is 0 Å². The molecular weight excluding hydrogens is 312 g/mol. The summed E-state index contributed by atoms with van der Waals surface area (Å²) in [6.45, 7) is 2.40. The maximum absolute atomic E-state index is 12.8. The summed E-state index contributed by atoms with van der Waals surface area (Å²) in [5, 5.41) is 1.32. The van der Waals surface area contributed by atoms with E-state index in [1.54, 1.807) is 36.7 Å². The molecule has 1 saturated heterocycles. The molecule has 0 spiro atoms. The summed E-state index contributed by atoms with van der Waals surface area (Å²) in [7, 11) is 0. The van der Waals surface area contributed by atoms with Crippen LogP contribution in [0.3, 0.4) is 0 Å². The van der Waals surface area contributed by atoms with Crippen molar-refractivity contribution in [1.82, 2.24) is 10.0 Å². The highest BCUT2D eigenvalue weighted by Gasteiger charge is 2.32. The van der Waals surface area contributed by atoms with Crippen molar-refractivity contribution in [1.29, 1.82) is 0 Å². The first-order chi connectivity index (χ1) is 11.7. The second-order valence-electron chi connectivity index (χ2n) is 5.60. The zero-order chi connectivity index (χ0) is 16.5. The van der Waals surface area contributed by atoms with Gasteiger partial charge in [0.05, 0.1) is 12.6 Å². The summed E-state index contributed by atoms with van der Waals surface area (Å²) in [6, 6.07) is 8.72. The lowest BCUT2D eigenvalue weighted by Gasteiger charge is -2.35. The van der Waals surface area contributed by atoms with E-state index in [-0.39, 0.29) is 18.8 Å². The number of carbonyl (C=O) groups is 1. The summed E-state index contributed by atoms with van der Waals surface area (Å²) in [4.78, 5) is 22.5. The maximum Gasteiger partial charge on any atom is 0.277 e. The minimum atomic E-state index is -0.666. The fraction of sp³-hybridized carbons (Fsp3) is 0.294. The number of benzene rings is 1. The normalized spacial score (nSPS) is 22.5. The molecule has 0 radical (unpaired) electrons. The van der Waals surface area contributed by atoms with E-state index in [4.69, 9.17) is 19.0 Å². The summed E-state index contributed by atoms with van der Waals surface area (Å²) < 4.78 is 16.3. The van der Waals surface area contributed by atoms with E-state index < -0.39 is 6.29 Å². The van der Waals surface area contributed by atoms with Crippen molar-refractivity contribution in [3.05, 3.63) is 53.9 Å². The number of nitrogens with zero attached hydrogens (tertiary/aromatic N) is 2. The SMILES string of the molecule is CC1CN(C(=O)c2ccc3c(c2)OCO3)OC(c2cccnc2)O1. The molecule has 124 valence electrons. The van der Waals surface area contributed by atoms with E-state index in [1.807, 2.05) is 13.0 Å². The molecule has 0 aliphatic carbocycles. The van der Waals surface area contributed by atoms with Crippen LogP contribution in [-0.4, -0.2) is 35.4 Å². The molecular formula is C17H16N2O5. The Morgan fingerprint density at radius 2 is 2.12 bits per heavy atom. The number of amides is 1. The van der Waals surface area contributed by atoms with Crippen molar-refractivity contribution in [3.63, 3.8) is 0 Å². The molecule has 0 bridgehead atoms. The molecule has 0 N–H and O–H groups in total. The summed E-state index contributed by atoms with van der Waals surface area (Å²) >= 11 is 0. The molecule has 3 heterocycles. The highest BCUT2D eigenvalue weighted by Crippen LogP contribution is 2.33. The highest BCUT2D eigenvalue weighted by atomic mass is 16.8. The Kier molecular flexibility index (Phi) is 3.79. The van der Waals surface area contributed by atoms with Crippen LogP contribution in [-0.2, 0) is 9.57 Å². The number of hydrogen-bond acceptors (Lipinski definition) is 6. The molecule has 4 rings (SSSR count). The first-order valence-electron chi connectivity index (χ1n) is 7.64. The molecule has 7 heteroatoms. The van der Waals surface area contributed by atoms with Gasteiger partial charge in [-0.25, -0.2) is 9.90 Å². The maximum atomic E-state index is 12.8. The lowest BCUT2D eigenvalue weighted by atomic mass is 10.2. The highest BCUT2D eigenvalue weighted by molar-refractivity contribution is 5.94. The molecule has 1 aromatic heterocycles. The molecule has 2 aliphatic heterocycles. The lowest BCUT2D eigenvalue weighted by molar-refractivity contribution is -0.320. The molecule has 2 atom stereocenters. The van der Waals surface area contributed by atoms with Crippen LogP contribution in [0.2, 0.25) is 0 Å². The molecule has 24 heavy (non-hydrogen) atoms. The Hall–Kier alpha value is -2.64. The molecule has 1 aromatic carbocycles. The Balaban J connectivity index is 1.55. The summed E-state index contributed by atoms with van der Waals surface area (Å²) in [5.74, 6) is 0.944. The zero-order valence-corrected chi connectivity index (χ0v) is 13.0. The van der Waals surface area contributed by atoms with Crippen molar-refractivity contribution in [2.45, 2.75) is 19.3 Å². The second-order valence-corrected chi connectivity index (χ2v) is 5.60. The van der Waals surface area contributed by atoms with Crippen molar-refractivity contribution in [2.24, 2.45) is 0 Å². The van der Waals surface area contributed by atoms with Crippen LogP contribution in [0, 0.1) is 0 Å². The summed E-state index contributed by atoms with van der Waals surface area (Å²) in [5.41, 5.74) is 1.23. The third-order valence-corrected chi connectivity index (χ3v) is 3.80. The fourth-order valence-electron chi connectivity index (χ4n) is 2.63. The molecule has 0 saturated carbocycles. The summed E-state index contributed by atoms with van der Waals surface area (Å²) in [6.07, 6.45) is 2.50. The number of hydroxylamine groups is 2. The molecule has 2 unspecified atom stereocenters. The van der Waals surface area contributed by atoms with Gasteiger partial charge in [-0.2, -0.15) is 0 Å². The third kappa shape index (κ3) is 2.79. The van der Waals surface area contributed by atoms with Gasteiger partial charge in [-0.1, -0.05) is 6.07 Å². The van der Waals surface area contributed by atoms with Gasteiger partial charge in [-0.15, -0.1) is 0 Å². The molecule has 7 nitrogen and oxygen atoms in total. The largest absolute Gasteiger partial charge is 0.454 e. The van der Waals surface area contributed by atoms with Crippen LogP contribution in [0.25, 0.3) is 0 Å². The predicted molar refractivity (Wildman–Crippen MR) is 82.2 cm³/mol. The topological polar surface area (TPSA) is 70.1 Å². The number of pyridine rings is 1. The number of fused-ring (bicyclic) bond motifs is 1. The van der Waals surface area contributed by atoms with Gasteiger partial charge in [0.15, 0.2) is 11.5 Å². The van der Waals surface area contributed by atoms with E-state index in [9.17, 15) is 4.79 Å². The van der Waals surface area contributed by atoms with Gasteiger partial charge in [0, 0.05) is 23.5 Å². The van der Waals surface area contributed by atoms with Crippen LogP contribution >= 0.6 is 0 Å². The first-order valence-corrected chi connectivity index (χ1v) is 7.64. The zero-order valence-electron chi connectivity index (χ0n) is 13.0. The molecule has 2 aliphatic rings. The predicted octanol–water partition coefficient (Wildman–Crippen LogP) is 2.30. The van der Waals surface area contributed by atoms with Gasteiger partial charge in [-0.3, -0.25) is 9.78 Å². The van der Waals surface area contributed by atoms with Crippen molar-refractivity contribution in [3.8, 4) is 11.5 Å². The average molecular weight is 328 g/mol. The first kappa shape index (κ1) is 14.9. The standard InChI is InChI=1S/C17H16N2O5/c1-11-9-19(24-17(23-11)13-3-2-6-18-8-13)16(20)12-4-5-14-15(7-12)22-10-21-14/h2-8,11,17H,9-10H2,1H3. The van der Waals surface area contributed by atoms with E-state index in [0.717, 1.165) is 5.56 Å². The fourth-order valence-corrected chi connectivity index (χ4v) is 2.63. The van der Waals surface area contributed by atoms with Gasteiger partial charge in [-0.05, 0) is 31.2 Å². The van der Waals surface area contributed by atoms with E-state index >= 15 is 0 Å². The Labute approximate surface area is 138 Å². The van der Waals surface area contributed by atoms with E-state index in [0.29, 0.717) is 23.6 Å². The van der Waals surface area contributed by atoms with Crippen LogP contribution in [0.1, 0.15) is 29.1 Å². The van der Waals surface area contributed by atoms with Crippen molar-refractivity contribution in [2.75, 3.05) is 13.3 Å². The van der Waals surface area contributed by atoms with Gasteiger partial charge in [0.25, 0.3) is 5.91 Å². The average Bonchev–Trinajstić information content (AvgIpc) is 3.09. The molecule has 1 fully saturated rings. The Bertz CT molecular complexity index is 752. The monoisotopic (exact) mass is 328 g/mol. The minimum Gasteiger partial charge on any atom is -0.454 e. The van der Waals surface area contributed by atoms with Crippen LogP contribution in [0.4, 0.5) is 0 Å². The van der Waals surface area contributed by atoms with E-state index in [1.165, 1.54) is 5.06 Å². The number of carbonyl (C=O) groups excluding carboxylic acids is 1. The van der Waals surface area contributed by atoms with E-state index in [2.05, 4.69) is 4.98 Å². The van der Waals surface area contributed by atoms with Crippen molar-refractivity contribution < 1.29 is 23.8 Å². The number of aromatic nitrogens is 1. The second kappa shape index (κ2) is 6.10. The van der Waals surface area contributed by atoms with Gasteiger partial charge < -0.3 is 14.2 Å². The van der Waals surface area contributed by atoms with Gasteiger partial charge in [0.2, 0.25) is 13.1 Å². The molecule has 1 amide bonds. The minimum absolute atomic E-state index is 0.165. The van der Waals surface area contributed by atoms with Crippen LogP contribution < -0.4 is 9.47 Å². The smallest absolute Gasteiger partial charge is 0.277 e. The Morgan fingerprint density at radius 3 is 2.96 bits per heavy atom. The number of rotatable bonds is 2. The van der Waals surface area contributed by atoms with Gasteiger partial charge >= 0.3 is 0 Å². The number of hydrogen-bond donors (Lipinski definition) is 0. The molecule has 2 aromatic rings. The third-order valence-electron chi connectivity index (χ3n) is 3.80. The lowest BCUT2D eigenvalue weighted by Crippen LogP contribution is -2.44.